The first kappa shape index (κ1) is 7.79. The number of rotatable bonds is 1. The van der Waals surface area contributed by atoms with Crippen molar-refractivity contribution in [2.45, 2.75) is 6.92 Å². The van der Waals surface area contributed by atoms with E-state index < -0.39 is 0 Å². The summed E-state index contributed by atoms with van der Waals surface area (Å²) in [7, 11) is 0. The van der Waals surface area contributed by atoms with E-state index in [0.29, 0.717) is 5.69 Å². The number of aromatic nitrogens is 3. The number of pyridine rings is 1. The van der Waals surface area contributed by atoms with Gasteiger partial charge in [0.05, 0.1) is 18.1 Å². The third-order valence-corrected chi connectivity index (χ3v) is 1.72. The van der Waals surface area contributed by atoms with Crippen LogP contribution in [0.4, 0.5) is 5.69 Å². The highest BCUT2D eigenvalue weighted by molar-refractivity contribution is 5.38. The molecular weight excluding hydrogens is 164 g/mol. The maximum Gasteiger partial charge on any atom is 0.153 e. The molecule has 0 radical (unpaired) electrons. The molecule has 0 aromatic carbocycles. The van der Waals surface area contributed by atoms with Gasteiger partial charge in [-0.1, -0.05) is 0 Å². The molecule has 0 aliphatic carbocycles. The Kier molecular flexibility index (Phi) is 1.73. The predicted molar refractivity (Wildman–Crippen MR) is 50.5 cm³/mol. The van der Waals surface area contributed by atoms with Gasteiger partial charge in [0.15, 0.2) is 5.82 Å². The molecule has 2 aromatic heterocycles. The first-order valence-corrected chi connectivity index (χ1v) is 3.99. The molecule has 2 aromatic rings. The fraction of sp³-hybridized carbons (Fsp3) is 0.111. The van der Waals surface area contributed by atoms with E-state index >= 15 is 0 Å². The molecule has 0 saturated carbocycles. The average Bonchev–Trinajstić information content (AvgIpc) is 2.53. The normalized spacial score (nSPS) is 10.2. The van der Waals surface area contributed by atoms with E-state index in [1.54, 1.807) is 23.1 Å². The molecule has 2 rings (SSSR count). The second-order valence-corrected chi connectivity index (χ2v) is 2.91. The molecule has 2 N–H and O–H groups in total. The Morgan fingerprint density at radius 3 is 2.69 bits per heavy atom. The number of hydrogen-bond donors (Lipinski definition) is 1. The molecule has 4 heteroatoms. The second-order valence-electron chi connectivity index (χ2n) is 2.91. The van der Waals surface area contributed by atoms with E-state index in [1.165, 1.54) is 0 Å². The van der Waals surface area contributed by atoms with Crippen LogP contribution in [0.1, 0.15) is 5.56 Å². The van der Waals surface area contributed by atoms with Crippen LogP contribution in [0.25, 0.3) is 5.82 Å². The number of nitrogens with two attached hydrogens (primary N) is 1. The van der Waals surface area contributed by atoms with Crippen LogP contribution >= 0.6 is 0 Å². The maximum atomic E-state index is 5.52. The molecule has 0 fully saturated rings. The molecule has 0 spiro atoms. The van der Waals surface area contributed by atoms with Gasteiger partial charge in [-0.25, -0.2) is 9.67 Å². The molecule has 0 amide bonds. The van der Waals surface area contributed by atoms with E-state index in [4.69, 9.17) is 5.73 Å². The Labute approximate surface area is 76.0 Å². The largest absolute Gasteiger partial charge is 0.397 e. The van der Waals surface area contributed by atoms with Crippen LogP contribution in [0.3, 0.4) is 0 Å². The monoisotopic (exact) mass is 174 g/mol. The minimum Gasteiger partial charge on any atom is -0.397 e. The van der Waals surface area contributed by atoms with Crippen LogP contribution in [0, 0.1) is 6.92 Å². The Balaban J connectivity index is 2.41. The average molecular weight is 174 g/mol. The van der Waals surface area contributed by atoms with Crippen molar-refractivity contribution in [1.29, 1.82) is 0 Å². The number of nitrogen functional groups attached to an aromatic ring is 1. The highest BCUT2D eigenvalue weighted by Gasteiger charge is 1.97. The smallest absolute Gasteiger partial charge is 0.153 e. The Morgan fingerprint density at radius 2 is 2.15 bits per heavy atom. The summed E-state index contributed by atoms with van der Waals surface area (Å²) in [5.74, 6) is 0.780. The topological polar surface area (TPSA) is 56.7 Å². The van der Waals surface area contributed by atoms with Crippen molar-refractivity contribution in [2.24, 2.45) is 0 Å². The van der Waals surface area contributed by atoms with Gasteiger partial charge in [0.2, 0.25) is 0 Å². The van der Waals surface area contributed by atoms with E-state index in [0.717, 1.165) is 11.4 Å². The van der Waals surface area contributed by atoms with Gasteiger partial charge in [-0.05, 0) is 24.6 Å². The van der Waals surface area contributed by atoms with Crippen molar-refractivity contribution < 1.29 is 0 Å². The molecule has 0 unspecified atom stereocenters. The van der Waals surface area contributed by atoms with Gasteiger partial charge in [0.25, 0.3) is 0 Å². The minimum atomic E-state index is 0.660. The van der Waals surface area contributed by atoms with E-state index in [1.807, 2.05) is 19.2 Å². The van der Waals surface area contributed by atoms with Crippen molar-refractivity contribution in [3.63, 3.8) is 0 Å². The van der Waals surface area contributed by atoms with Crippen molar-refractivity contribution in [3.05, 3.63) is 36.3 Å². The number of hydrogen-bond acceptors (Lipinski definition) is 3. The first-order chi connectivity index (χ1) is 6.25. The van der Waals surface area contributed by atoms with E-state index in [-0.39, 0.29) is 0 Å². The molecule has 0 atom stereocenters. The summed E-state index contributed by atoms with van der Waals surface area (Å²) in [6, 6.07) is 3.64. The van der Waals surface area contributed by atoms with Gasteiger partial charge in [-0.15, -0.1) is 0 Å². The first-order valence-electron chi connectivity index (χ1n) is 3.99. The van der Waals surface area contributed by atoms with Gasteiger partial charge in [-0.3, -0.25) is 0 Å². The van der Waals surface area contributed by atoms with Gasteiger partial charge >= 0.3 is 0 Å². The number of anilines is 1. The van der Waals surface area contributed by atoms with Crippen LogP contribution in [-0.2, 0) is 0 Å². The fourth-order valence-electron chi connectivity index (χ4n) is 1.07. The molecule has 13 heavy (non-hydrogen) atoms. The maximum absolute atomic E-state index is 5.52. The van der Waals surface area contributed by atoms with Crippen LogP contribution in [-0.4, -0.2) is 14.8 Å². The molecule has 0 bridgehead atoms. The van der Waals surface area contributed by atoms with Crippen LogP contribution in [0.15, 0.2) is 30.7 Å². The molecular formula is C9H10N4. The fourth-order valence-corrected chi connectivity index (χ4v) is 1.07. The highest BCUT2D eigenvalue weighted by Crippen LogP contribution is 2.06. The molecule has 66 valence electrons. The summed E-state index contributed by atoms with van der Waals surface area (Å²) < 4.78 is 1.72. The van der Waals surface area contributed by atoms with Crippen LogP contribution in [0.2, 0.25) is 0 Å². The second kappa shape index (κ2) is 2.90. The third-order valence-electron chi connectivity index (χ3n) is 1.72. The zero-order valence-electron chi connectivity index (χ0n) is 7.31. The summed E-state index contributed by atoms with van der Waals surface area (Å²) in [6.07, 6.45) is 5.32. The number of nitrogens with zero attached hydrogens (tertiary/aromatic N) is 3. The Hall–Kier alpha value is -1.84. The lowest BCUT2D eigenvalue weighted by atomic mass is 10.4. The SMILES string of the molecule is Cc1cnn(-c2ccc(N)cn2)c1. The zero-order chi connectivity index (χ0) is 9.26. The molecule has 0 saturated heterocycles. The molecule has 4 nitrogen and oxygen atoms in total. The molecule has 0 aliphatic rings. The summed E-state index contributed by atoms with van der Waals surface area (Å²) in [5.41, 5.74) is 7.29. The third kappa shape index (κ3) is 1.51. The summed E-state index contributed by atoms with van der Waals surface area (Å²) >= 11 is 0. The van der Waals surface area contributed by atoms with E-state index in [2.05, 4.69) is 10.1 Å². The summed E-state index contributed by atoms with van der Waals surface area (Å²) in [5, 5.41) is 4.13. The Bertz CT molecular complexity index is 402. The van der Waals surface area contributed by atoms with Crippen molar-refractivity contribution >= 4 is 5.69 Å². The van der Waals surface area contributed by atoms with Gasteiger partial charge in [-0.2, -0.15) is 5.10 Å². The summed E-state index contributed by atoms with van der Waals surface area (Å²) in [6.45, 7) is 1.99. The lowest BCUT2D eigenvalue weighted by Gasteiger charge is -1.99. The standard InChI is InChI=1S/C9H10N4/c1-7-4-12-13(6-7)9-3-2-8(10)5-11-9/h2-6H,10H2,1H3. The lowest BCUT2D eigenvalue weighted by Crippen LogP contribution is -1.97. The number of aryl methyl sites for hydroxylation is 1. The lowest BCUT2D eigenvalue weighted by molar-refractivity contribution is 0.847. The van der Waals surface area contributed by atoms with Crippen LogP contribution in [0.5, 0.6) is 0 Å². The molecule has 0 aliphatic heterocycles. The van der Waals surface area contributed by atoms with Crippen LogP contribution < -0.4 is 5.73 Å². The quantitative estimate of drug-likeness (QED) is 0.705. The van der Waals surface area contributed by atoms with Crippen molar-refractivity contribution in [2.75, 3.05) is 5.73 Å². The van der Waals surface area contributed by atoms with Crippen molar-refractivity contribution in [3.8, 4) is 5.82 Å². The molecule has 2 heterocycles. The minimum absolute atomic E-state index is 0.660. The van der Waals surface area contributed by atoms with E-state index in [9.17, 15) is 0 Å². The van der Waals surface area contributed by atoms with Crippen molar-refractivity contribution in [1.82, 2.24) is 14.8 Å². The zero-order valence-corrected chi connectivity index (χ0v) is 7.31. The summed E-state index contributed by atoms with van der Waals surface area (Å²) in [4.78, 5) is 4.14. The van der Waals surface area contributed by atoms with Gasteiger partial charge in [0.1, 0.15) is 0 Å². The Morgan fingerprint density at radius 1 is 1.31 bits per heavy atom. The predicted octanol–water partition coefficient (Wildman–Crippen LogP) is 1.16. The van der Waals surface area contributed by atoms with Gasteiger partial charge < -0.3 is 5.73 Å². The highest BCUT2D eigenvalue weighted by atomic mass is 15.3. The van der Waals surface area contributed by atoms with Gasteiger partial charge in [0, 0.05) is 6.20 Å².